The number of aromatic nitrogens is 2. The molecule has 1 N–H and O–H groups in total. The van der Waals surface area contributed by atoms with E-state index in [1.165, 1.54) is 0 Å². The van der Waals surface area contributed by atoms with Gasteiger partial charge in [-0.1, -0.05) is 0 Å². The topological polar surface area (TPSA) is 51.0 Å². The molecule has 4 nitrogen and oxygen atoms in total. The largest absolute Gasteiger partial charge is 0.461 e. The first-order chi connectivity index (χ1) is 7.72. The third kappa shape index (κ3) is 2.18. The minimum absolute atomic E-state index is 0.624. The molecular weight excluding hydrogens is 317 g/mol. The van der Waals surface area contributed by atoms with Gasteiger partial charge in [-0.3, -0.25) is 0 Å². The molecule has 0 spiro atoms. The van der Waals surface area contributed by atoms with E-state index in [-0.39, 0.29) is 0 Å². The second-order valence-corrected chi connectivity index (χ2v) is 4.52. The van der Waals surface area contributed by atoms with Crippen LogP contribution < -0.4 is 5.32 Å². The van der Waals surface area contributed by atoms with Crippen LogP contribution in [0.5, 0.6) is 0 Å². The second-order valence-electron chi connectivity index (χ2n) is 3.35. The molecule has 5 heteroatoms. The van der Waals surface area contributed by atoms with E-state index in [1.807, 2.05) is 19.9 Å². The fourth-order valence-corrected chi connectivity index (χ4v) is 1.82. The van der Waals surface area contributed by atoms with E-state index in [4.69, 9.17) is 4.42 Å². The summed E-state index contributed by atoms with van der Waals surface area (Å²) in [5.74, 6) is 2.21. The van der Waals surface area contributed by atoms with E-state index in [0.717, 1.165) is 27.3 Å². The van der Waals surface area contributed by atoms with Crippen LogP contribution in [-0.4, -0.2) is 16.5 Å². The van der Waals surface area contributed by atoms with Crippen molar-refractivity contribution in [3.8, 4) is 11.6 Å². The highest BCUT2D eigenvalue weighted by atomic mass is 127. The van der Waals surface area contributed by atoms with Crippen molar-refractivity contribution in [1.82, 2.24) is 9.97 Å². The standard InChI is InChI=1S/C11H12IN3O/c1-3-13-10-8(12)6-14-11(15-10)9-7(2)4-5-16-9/h4-6H,3H2,1-2H3,(H,13,14,15). The number of furan rings is 1. The van der Waals surface area contributed by atoms with Crippen molar-refractivity contribution in [3.05, 3.63) is 27.7 Å². The molecule has 0 aliphatic rings. The number of aryl methyl sites for hydroxylation is 1. The van der Waals surface area contributed by atoms with Crippen LogP contribution in [0.4, 0.5) is 5.82 Å². The predicted molar refractivity (Wildman–Crippen MR) is 71.4 cm³/mol. The number of anilines is 1. The Balaban J connectivity index is 2.43. The summed E-state index contributed by atoms with van der Waals surface area (Å²) in [6.07, 6.45) is 3.45. The Hall–Kier alpha value is -1.11. The minimum atomic E-state index is 0.624. The Labute approximate surface area is 108 Å². The first kappa shape index (κ1) is 11.4. The lowest BCUT2D eigenvalue weighted by atomic mass is 10.3. The summed E-state index contributed by atoms with van der Waals surface area (Å²) in [4.78, 5) is 8.71. The molecule has 0 radical (unpaired) electrons. The molecule has 2 heterocycles. The van der Waals surface area contributed by atoms with Crippen molar-refractivity contribution in [2.45, 2.75) is 13.8 Å². The Morgan fingerprint density at radius 2 is 2.31 bits per heavy atom. The first-order valence-electron chi connectivity index (χ1n) is 5.03. The molecule has 0 fully saturated rings. The van der Waals surface area contributed by atoms with E-state index in [9.17, 15) is 0 Å². The Kier molecular flexibility index (Phi) is 3.42. The molecule has 2 aromatic heterocycles. The summed E-state index contributed by atoms with van der Waals surface area (Å²) in [6, 6.07) is 1.91. The molecule has 0 aliphatic heterocycles. The lowest BCUT2D eigenvalue weighted by Gasteiger charge is -2.06. The minimum Gasteiger partial charge on any atom is -0.461 e. The summed E-state index contributed by atoms with van der Waals surface area (Å²) in [6.45, 7) is 4.85. The van der Waals surface area contributed by atoms with E-state index >= 15 is 0 Å². The van der Waals surface area contributed by atoms with Gasteiger partial charge in [-0.2, -0.15) is 0 Å². The van der Waals surface area contributed by atoms with Crippen LogP contribution in [0.2, 0.25) is 0 Å². The molecule has 0 amide bonds. The highest BCUT2D eigenvalue weighted by molar-refractivity contribution is 14.1. The molecule has 0 atom stereocenters. The van der Waals surface area contributed by atoms with Crippen molar-refractivity contribution >= 4 is 28.4 Å². The van der Waals surface area contributed by atoms with E-state index < -0.39 is 0 Å². The summed E-state index contributed by atoms with van der Waals surface area (Å²) in [5.41, 5.74) is 1.05. The van der Waals surface area contributed by atoms with Gasteiger partial charge in [-0.25, -0.2) is 9.97 Å². The third-order valence-corrected chi connectivity index (χ3v) is 2.94. The Bertz CT molecular complexity index is 496. The van der Waals surface area contributed by atoms with Crippen molar-refractivity contribution in [1.29, 1.82) is 0 Å². The fraction of sp³-hybridized carbons (Fsp3) is 0.273. The van der Waals surface area contributed by atoms with Gasteiger partial charge in [0.1, 0.15) is 5.82 Å². The van der Waals surface area contributed by atoms with Gasteiger partial charge >= 0.3 is 0 Å². The SMILES string of the molecule is CCNc1nc(-c2occc2C)ncc1I. The van der Waals surface area contributed by atoms with Gasteiger partial charge in [0.05, 0.1) is 9.83 Å². The molecule has 0 unspecified atom stereocenters. The van der Waals surface area contributed by atoms with E-state index in [0.29, 0.717) is 5.82 Å². The molecule has 2 aromatic rings. The maximum absolute atomic E-state index is 5.37. The van der Waals surface area contributed by atoms with E-state index in [2.05, 4.69) is 37.9 Å². The highest BCUT2D eigenvalue weighted by Crippen LogP contribution is 2.23. The molecule has 0 aromatic carbocycles. The van der Waals surface area contributed by atoms with Gasteiger partial charge in [-0.15, -0.1) is 0 Å². The number of halogens is 1. The lowest BCUT2D eigenvalue weighted by molar-refractivity contribution is 0.575. The molecule has 84 valence electrons. The van der Waals surface area contributed by atoms with Crippen LogP contribution >= 0.6 is 22.6 Å². The maximum Gasteiger partial charge on any atom is 0.197 e. The fourth-order valence-electron chi connectivity index (χ4n) is 1.37. The van der Waals surface area contributed by atoms with Crippen molar-refractivity contribution in [2.75, 3.05) is 11.9 Å². The molecule has 0 aliphatic carbocycles. The molecule has 0 saturated carbocycles. The van der Waals surface area contributed by atoms with Crippen molar-refractivity contribution < 1.29 is 4.42 Å². The molecular formula is C11H12IN3O. The van der Waals surface area contributed by atoms with Gasteiger partial charge in [0.15, 0.2) is 11.6 Å². The van der Waals surface area contributed by atoms with Gasteiger partial charge in [-0.05, 0) is 48.1 Å². The zero-order chi connectivity index (χ0) is 11.5. The quantitative estimate of drug-likeness (QED) is 0.880. The van der Waals surface area contributed by atoms with Gasteiger partial charge < -0.3 is 9.73 Å². The monoisotopic (exact) mass is 329 g/mol. The number of nitrogens with zero attached hydrogens (tertiary/aromatic N) is 2. The van der Waals surface area contributed by atoms with Crippen LogP contribution in [0.1, 0.15) is 12.5 Å². The summed E-state index contributed by atoms with van der Waals surface area (Å²) in [7, 11) is 0. The first-order valence-corrected chi connectivity index (χ1v) is 6.11. The lowest BCUT2D eigenvalue weighted by Crippen LogP contribution is -2.03. The van der Waals surface area contributed by atoms with Crippen LogP contribution in [0.15, 0.2) is 22.9 Å². The highest BCUT2D eigenvalue weighted by Gasteiger charge is 2.11. The zero-order valence-corrected chi connectivity index (χ0v) is 11.3. The maximum atomic E-state index is 5.37. The molecule has 2 rings (SSSR count). The third-order valence-electron chi connectivity index (χ3n) is 2.15. The number of rotatable bonds is 3. The molecule has 0 bridgehead atoms. The smallest absolute Gasteiger partial charge is 0.197 e. The van der Waals surface area contributed by atoms with Crippen LogP contribution in [0.3, 0.4) is 0 Å². The van der Waals surface area contributed by atoms with Gasteiger partial charge in [0, 0.05) is 12.7 Å². The Morgan fingerprint density at radius 3 is 2.94 bits per heavy atom. The van der Waals surface area contributed by atoms with Gasteiger partial charge in [0.25, 0.3) is 0 Å². The summed E-state index contributed by atoms with van der Waals surface area (Å²) < 4.78 is 6.37. The van der Waals surface area contributed by atoms with Crippen LogP contribution in [0, 0.1) is 10.5 Å². The number of nitrogens with one attached hydrogen (secondary N) is 1. The van der Waals surface area contributed by atoms with Crippen molar-refractivity contribution in [3.63, 3.8) is 0 Å². The second kappa shape index (κ2) is 4.82. The number of hydrogen-bond acceptors (Lipinski definition) is 4. The Morgan fingerprint density at radius 1 is 1.50 bits per heavy atom. The van der Waals surface area contributed by atoms with Crippen molar-refractivity contribution in [2.24, 2.45) is 0 Å². The van der Waals surface area contributed by atoms with Crippen LogP contribution in [-0.2, 0) is 0 Å². The molecule has 16 heavy (non-hydrogen) atoms. The predicted octanol–water partition coefficient (Wildman–Crippen LogP) is 3.08. The summed E-state index contributed by atoms with van der Waals surface area (Å²) >= 11 is 2.21. The average Bonchev–Trinajstić information content (AvgIpc) is 2.68. The van der Waals surface area contributed by atoms with Crippen LogP contribution in [0.25, 0.3) is 11.6 Å². The summed E-state index contributed by atoms with van der Waals surface area (Å²) in [5, 5.41) is 3.20. The van der Waals surface area contributed by atoms with E-state index in [1.54, 1.807) is 12.5 Å². The zero-order valence-electron chi connectivity index (χ0n) is 9.12. The molecule has 0 saturated heterocycles. The number of hydrogen-bond donors (Lipinski definition) is 1. The normalized spacial score (nSPS) is 10.4. The average molecular weight is 329 g/mol. The van der Waals surface area contributed by atoms with Gasteiger partial charge in [0.2, 0.25) is 0 Å².